The van der Waals surface area contributed by atoms with Crippen molar-refractivity contribution in [1.82, 2.24) is 0 Å². The van der Waals surface area contributed by atoms with Crippen molar-refractivity contribution >= 4 is 0 Å². The topological polar surface area (TPSA) is 0 Å². The van der Waals surface area contributed by atoms with E-state index in [0.717, 1.165) is 5.56 Å². The number of aryl methyl sites for hydroxylation is 1. The Bertz CT molecular complexity index is 311. The smallest absolute Gasteiger partial charge is 0.126 e. The Morgan fingerprint density at radius 2 is 2.00 bits per heavy atom. The monoisotopic (exact) mass is 164 g/mol. The van der Waals surface area contributed by atoms with Gasteiger partial charge in [0.25, 0.3) is 0 Å². The molecule has 0 heterocycles. The molecule has 64 valence electrons. The maximum absolute atomic E-state index is 12.9. The van der Waals surface area contributed by atoms with Crippen LogP contribution in [-0.2, 0) is 5.41 Å². The van der Waals surface area contributed by atoms with Gasteiger partial charge >= 0.3 is 0 Å². The van der Waals surface area contributed by atoms with Crippen LogP contribution in [0.15, 0.2) is 18.2 Å². The number of hydrogen-bond donors (Lipinski definition) is 0. The molecular formula is C11H13F. The average Bonchev–Trinajstić information content (AvgIpc) is 2.75. The maximum atomic E-state index is 12.9. The van der Waals surface area contributed by atoms with E-state index in [1.165, 1.54) is 18.4 Å². The van der Waals surface area contributed by atoms with Crippen LogP contribution in [0.1, 0.15) is 30.9 Å². The fourth-order valence-corrected chi connectivity index (χ4v) is 1.50. The lowest BCUT2D eigenvalue weighted by Crippen LogP contribution is -2.00. The third-order valence-corrected chi connectivity index (χ3v) is 2.85. The predicted molar refractivity (Wildman–Crippen MR) is 47.7 cm³/mol. The Kier molecular flexibility index (Phi) is 1.50. The molecule has 1 aliphatic carbocycles. The molecule has 0 bridgehead atoms. The highest BCUT2D eigenvalue weighted by atomic mass is 19.1. The molecule has 1 aromatic rings. The van der Waals surface area contributed by atoms with E-state index in [-0.39, 0.29) is 5.82 Å². The summed E-state index contributed by atoms with van der Waals surface area (Å²) >= 11 is 0. The van der Waals surface area contributed by atoms with E-state index in [1.807, 2.05) is 19.1 Å². The van der Waals surface area contributed by atoms with Gasteiger partial charge in [0, 0.05) is 0 Å². The van der Waals surface area contributed by atoms with Crippen molar-refractivity contribution in [2.75, 3.05) is 0 Å². The number of rotatable bonds is 1. The molecule has 0 radical (unpaired) electrons. The average molecular weight is 164 g/mol. The van der Waals surface area contributed by atoms with Crippen molar-refractivity contribution in [3.05, 3.63) is 35.1 Å². The summed E-state index contributed by atoms with van der Waals surface area (Å²) in [7, 11) is 0. The highest BCUT2D eigenvalue weighted by Gasteiger charge is 2.38. The highest BCUT2D eigenvalue weighted by Crippen LogP contribution is 2.47. The van der Waals surface area contributed by atoms with Crippen LogP contribution in [-0.4, -0.2) is 0 Å². The van der Waals surface area contributed by atoms with E-state index in [1.54, 1.807) is 6.07 Å². The Labute approximate surface area is 72.4 Å². The minimum Gasteiger partial charge on any atom is -0.207 e. The number of halogens is 1. The van der Waals surface area contributed by atoms with Crippen molar-refractivity contribution in [3.63, 3.8) is 0 Å². The van der Waals surface area contributed by atoms with Gasteiger partial charge in [0.15, 0.2) is 0 Å². The third kappa shape index (κ3) is 1.13. The van der Waals surface area contributed by atoms with E-state index in [9.17, 15) is 4.39 Å². The number of hydrogen-bond acceptors (Lipinski definition) is 0. The Morgan fingerprint density at radius 3 is 2.50 bits per heavy atom. The zero-order valence-corrected chi connectivity index (χ0v) is 7.52. The first kappa shape index (κ1) is 7.78. The van der Waals surface area contributed by atoms with Crippen molar-refractivity contribution in [2.24, 2.45) is 0 Å². The lowest BCUT2D eigenvalue weighted by molar-refractivity contribution is 0.615. The van der Waals surface area contributed by atoms with E-state index in [0.29, 0.717) is 5.41 Å². The second kappa shape index (κ2) is 2.32. The molecule has 12 heavy (non-hydrogen) atoms. The molecule has 0 amide bonds. The summed E-state index contributed by atoms with van der Waals surface area (Å²) < 4.78 is 12.9. The second-order valence-electron chi connectivity index (χ2n) is 4.02. The van der Waals surface area contributed by atoms with Gasteiger partial charge in [-0.2, -0.15) is 0 Å². The van der Waals surface area contributed by atoms with Gasteiger partial charge in [-0.05, 0) is 42.4 Å². The largest absolute Gasteiger partial charge is 0.207 e. The summed E-state index contributed by atoms with van der Waals surface area (Å²) in [6, 6.07) is 5.46. The predicted octanol–water partition coefficient (Wildman–Crippen LogP) is 3.19. The van der Waals surface area contributed by atoms with Crippen molar-refractivity contribution in [3.8, 4) is 0 Å². The van der Waals surface area contributed by atoms with Crippen molar-refractivity contribution in [2.45, 2.75) is 32.1 Å². The van der Waals surface area contributed by atoms with E-state index < -0.39 is 0 Å². The summed E-state index contributed by atoms with van der Waals surface area (Å²) in [5, 5.41) is 0. The Balaban J connectivity index is 2.41. The number of benzene rings is 1. The molecule has 1 fully saturated rings. The van der Waals surface area contributed by atoms with Gasteiger partial charge in [0.2, 0.25) is 0 Å². The summed E-state index contributed by atoms with van der Waals surface area (Å²) in [5.74, 6) is -0.0944. The molecule has 0 saturated heterocycles. The first-order valence-electron chi connectivity index (χ1n) is 4.38. The molecule has 0 atom stereocenters. The summed E-state index contributed by atoms with van der Waals surface area (Å²) in [6.07, 6.45) is 2.50. The van der Waals surface area contributed by atoms with Crippen LogP contribution in [0, 0.1) is 12.7 Å². The van der Waals surface area contributed by atoms with Gasteiger partial charge in [0.05, 0.1) is 0 Å². The van der Waals surface area contributed by atoms with Crippen LogP contribution in [0.2, 0.25) is 0 Å². The molecular weight excluding hydrogens is 151 g/mol. The maximum Gasteiger partial charge on any atom is 0.126 e. The van der Waals surface area contributed by atoms with Gasteiger partial charge < -0.3 is 0 Å². The Hall–Kier alpha value is -0.850. The SMILES string of the molecule is Cc1cc(C2(C)CC2)ccc1F. The van der Waals surface area contributed by atoms with E-state index in [2.05, 4.69) is 6.92 Å². The van der Waals surface area contributed by atoms with Gasteiger partial charge in [-0.25, -0.2) is 4.39 Å². The van der Waals surface area contributed by atoms with Gasteiger partial charge in [-0.3, -0.25) is 0 Å². The van der Waals surface area contributed by atoms with Gasteiger partial charge in [-0.15, -0.1) is 0 Å². The fraction of sp³-hybridized carbons (Fsp3) is 0.455. The summed E-state index contributed by atoms with van der Waals surface area (Å²) in [6.45, 7) is 4.06. The van der Waals surface area contributed by atoms with Gasteiger partial charge in [0.1, 0.15) is 5.82 Å². The summed E-state index contributed by atoms with van der Waals surface area (Å²) in [4.78, 5) is 0. The highest BCUT2D eigenvalue weighted by molar-refractivity contribution is 5.33. The lowest BCUT2D eigenvalue weighted by Gasteiger charge is -2.09. The molecule has 0 unspecified atom stereocenters. The van der Waals surface area contributed by atoms with Crippen LogP contribution in [0.5, 0.6) is 0 Å². The summed E-state index contributed by atoms with van der Waals surface area (Å²) in [5.41, 5.74) is 2.42. The fourth-order valence-electron chi connectivity index (χ4n) is 1.50. The first-order valence-corrected chi connectivity index (χ1v) is 4.38. The van der Waals surface area contributed by atoms with Gasteiger partial charge in [-0.1, -0.05) is 19.1 Å². The molecule has 1 aliphatic rings. The molecule has 0 aromatic heterocycles. The van der Waals surface area contributed by atoms with Crippen molar-refractivity contribution < 1.29 is 4.39 Å². The van der Waals surface area contributed by atoms with Crippen LogP contribution >= 0.6 is 0 Å². The minimum atomic E-state index is -0.0944. The lowest BCUT2D eigenvalue weighted by atomic mass is 9.97. The van der Waals surface area contributed by atoms with E-state index in [4.69, 9.17) is 0 Å². The first-order chi connectivity index (χ1) is 5.62. The van der Waals surface area contributed by atoms with Crippen molar-refractivity contribution in [1.29, 1.82) is 0 Å². The quantitative estimate of drug-likeness (QED) is 0.598. The molecule has 1 heteroatoms. The van der Waals surface area contributed by atoms with Crippen LogP contribution in [0.3, 0.4) is 0 Å². The standard InChI is InChI=1S/C11H13F/c1-8-7-9(3-4-10(8)12)11(2)5-6-11/h3-4,7H,5-6H2,1-2H3. The third-order valence-electron chi connectivity index (χ3n) is 2.85. The minimum absolute atomic E-state index is 0.0944. The molecule has 1 aromatic carbocycles. The zero-order valence-electron chi connectivity index (χ0n) is 7.52. The van der Waals surface area contributed by atoms with Crippen LogP contribution in [0.25, 0.3) is 0 Å². The molecule has 0 nitrogen and oxygen atoms in total. The van der Waals surface area contributed by atoms with Crippen LogP contribution < -0.4 is 0 Å². The van der Waals surface area contributed by atoms with Crippen LogP contribution in [0.4, 0.5) is 4.39 Å². The zero-order chi connectivity index (χ0) is 8.77. The molecule has 0 aliphatic heterocycles. The molecule has 0 spiro atoms. The normalized spacial score (nSPS) is 19.2. The molecule has 2 rings (SSSR count). The molecule has 1 saturated carbocycles. The second-order valence-corrected chi connectivity index (χ2v) is 4.02. The van der Waals surface area contributed by atoms with E-state index >= 15 is 0 Å². The Morgan fingerprint density at radius 1 is 1.33 bits per heavy atom. The molecule has 0 N–H and O–H groups in total.